The number of aromatic amines is 1. The van der Waals surface area contributed by atoms with Gasteiger partial charge in [-0.2, -0.15) is 0 Å². The molecule has 2 aromatic heterocycles. The molecule has 1 N–H and O–H groups in total. The number of fused-ring (bicyclic) bond motifs is 1. The minimum Gasteiger partial charge on any atom is -0.550 e. The van der Waals surface area contributed by atoms with Crippen LogP contribution in [0.3, 0.4) is 0 Å². The quantitative estimate of drug-likeness (QED) is 0.508. The zero-order chi connectivity index (χ0) is 10.1. The number of aryl methyl sites for hydroxylation is 1. The van der Waals surface area contributed by atoms with Gasteiger partial charge in [0.05, 0.1) is 0 Å². The third-order valence-corrected chi connectivity index (χ3v) is 1.97. The molecule has 5 nitrogen and oxygen atoms in total. The fraction of sp³-hybridized carbons (Fsp3) is 0.222. The number of H-pyrrole nitrogens is 1. The van der Waals surface area contributed by atoms with Crippen LogP contribution in [-0.2, 0) is 11.2 Å². The van der Waals surface area contributed by atoms with Gasteiger partial charge in [0, 0.05) is 30.2 Å². The summed E-state index contributed by atoms with van der Waals surface area (Å²) in [5.74, 6) is -0.453. The van der Waals surface area contributed by atoms with Crippen LogP contribution in [0.15, 0.2) is 12.4 Å². The van der Waals surface area contributed by atoms with Crippen molar-refractivity contribution >= 4 is 17.0 Å². The van der Waals surface area contributed by atoms with Gasteiger partial charge >= 0.3 is 18.9 Å². The number of aliphatic carboxylic acids is 1. The number of carboxylic acids is 1. The van der Waals surface area contributed by atoms with Crippen molar-refractivity contribution in [1.29, 1.82) is 0 Å². The van der Waals surface area contributed by atoms with Gasteiger partial charge in [0.25, 0.3) is 0 Å². The second-order valence-corrected chi connectivity index (χ2v) is 3.04. The molecule has 0 radical (unpaired) electrons. The summed E-state index contributed by atoms with van der Waals surface area (Å²) in [6.07, 6.45) is 3.12. The molecule has 0 saturated heterocycles. The maximum atomic E-state index is 10.4. The number of carboxylic acid groups (broad SMARTS) is 1. The van der Waals surface area contributed by atoms with E-state index >= 15 is 0 Å². The van der Waals surface area contributed by atoms with Gasteiger partial charge < -0.3 is 14.9 Å². The average molecular weight is 197 g/mol. The van der Waals surface area contributed by atoms with E-state index < -0.39 is 5.97 Å². The predicted octanol–water partition coefficient (Wildman–Crippen LogP) is -3.44. The molecule has 2 rings (SSSR count). The van der Waals surface area contributed by atoms with Crippen LogP contribution in [0.5, 0.6) is 0 Å². The number of nitrogens with one attached hydrogen (secondary N) is 1. The first kappa shape index (κ1) is 11.8. The maximum Gasteiger partial charge on any atom is 1.00 e. The van der Waals surface area contributed by atoms with E-state index in [1.807, 2.05) is 0 Å². The number of hydrogen-bond donors (Lipinski definition) is 1. The van der Waals surface area contributed by atoms with Crippen LogP contribution < -0.4 is 24.0 Å². The zero-order valence-electron chi connectivity index (χ0n) is 8.57. The molecule has 72 valence electrons. The Morgan fingerprint density at radius 1 is 1.60 bits per heavy atom. The summed E-state index contributed by atoms with van der Waals surface area (Å²) >= 11 is 0. The molecular formula is C9H8LiN3O2. The van der Waals surface area contributed by atoms with Gasteiger partial charge in [-0.1, -0.05) is 0 Å². The number of carbonyl (C=O) groups is 1. The van der Waals surface area contributed by atoms with E-state index in [2.05, 4.69) is 15.0 Å². The van der Waals surface area contributed by atoms with Gasteiger partial charge in [0.15, 0.2) is 0 Å². The standard InChI is InChI=1S/C9H9N3O2.Li/c1-5-10-4-7-6(2-8(13)14)3-11-9(7)12-5;/h3-4H,2H2,1H3,(H,13,14)(H,10,11,12);/q;+1/p-1. The first-order valence-electron chi connectivity index (χ1n) is 4.16. The fourth-order valence-electron chi connectivity index (χ4n) is 1.35. The number of rotatable bonds is 2. The molecule has 0 amide bonds. The van der Waals surface area contributed by atoms with Crippen molar-refractivity contribution in [2.45, 2.75) is 13.3 Å². The molecule has 0 fully saturated rings. The first-order valence-corrected chi connectivity index (χ1v) is 4.16. The predicted molar refractivity (Wildman–Crippen MR) is 47.3 cm³/mol. The molecule has 0 aliphatic heterocycles. The van der Waals surface area contributed by atoms with E-state index in [1.165, 1.54) is 0 Å². The number of nitrogens with zero attached hydrogens (tertiary/aromatic N) is 2. The van der Waals surface area contributed by atoms with Crippen LogP contribution in [-0.4, -0.2) is 20.9 Å². The van der Waals surface area contributed by atoms with Crippen LogP contribution >= 0.6 is 0 Å². The molecule has 0 aliphatic rings. The van der Waals surface area contributed by atoms with Crippen molar-refractivity contribution in [3.8, 4) is 0 Å². The molecule has 0 unspecified atom stereocenters. The van der Waals surface area contributed by atoms with E-state index in [9.17, 15) is 9.90 Å². The molecular weight excluding hydrogens is 189 g/mol. The van der Waals surface area contributed by atoms with Gasteiger partial charge in [0.1, 0.15) is 11.5 Å². The van der Waals surface area contributed by atoms with Crippen LogP contribution in [0.2, 0.25) is 0 Å². The van der Waals surface area contributed by atoms with Gasteiger partial charge in [-0.3, -0.25) is 0 Å². The zero-order valence-corrected chi connectivity index (χ0v) is 8.57. The third-order valence-electron chi connectivity index (χ3n) is 1.97. The minimum atomic E-state index is -1.11. The summed E-state index contributed by atoms with van der Waals surface area (Å²) in [6.45, 7) is 1.78. The Labute approximate surface area is 98.1 Å². The molecule has 0 saturated carbocycles. The molecule has 2 heterocycles. The second kappa shape index (κ2) is 4.47. The summed E-state index contributed by atoms with van der Waals surface area (Å²) < 4.78 is 0. The van der Waals surface area contributed by atoms with Crippen molar-refractivity contribution in [2.75, 3.05) is 0 Å². The SMILES string of the molecule is Cc1ncc2c(CC(=O)[O-])c[nH]c2n1.[Li+]. The minimum absolute atomic E-state index is 0. The first-order chi connectivity index (χ1) is 6.66. The van der Waals surface area contributed by atoms with E-state index in [0.29, 0.717) is 17.0 Å². The molecule has 15 heavy (non-hydrogen) atoms. The molecule has 0 bridgehead atoms. The normalized spacial score (nSPS) is 9.93. The number of aromatic nitrogens is 3. The van der Waals surface area contributed by atoms with Crippen molar-refractivity contribution in [2.24, 2.45) is 0 Å². The second-order valence-electron chi connectivity index (χ2n) is 3.04. The van der Waals surface area contributed by atoms with Crippen molar-refractivity contribution < 1.29 is 28.8 Å². The monoisotopic (exact) mass is 197 g/mol. The summed E-state index contributed by atoms with van der Waals surface area (Å²) in [4.78, 5) is 21.4. The fourth-order valence-corrected chi connectivity index (χ4v) is 1.35. The molecule has 0 aromatic carbocycles. The summed E-state index contributed by atoms with van der Waals surface area (Å²) in [5.41, 5.74) is 1.31. The summed E-state index contributed by atoms with van der Waals surface area (Å²) in [7, 11) is 0. The molecule has 2 aromatic rings. The molecule has 0 aliphatic carbocycles. The van der Waals surface area contributed by atoms with Crippen LogP contribution in [0.1, 0.15) is 11.4 Å². The Balaban J connectivity index is 0.00000112. The maximum absolute atomic E-state index is 10.4. The van der Waals surface area contributed by atoms with E-state index in [-0.39, 0.29) is 25.3 Å². The smallest absolute Gasteiger partial charge is 0.550 e. The van der Waals surface area contributed by atoms with Gasteiger partial charge in [-0.05, 0) is 12.5 Å². The molecule has 0 spiro atoms. The largest absolute Gasteiger partial charge is 1.00 e. The van der Waals surface area contributed by atoms with Crippen molar-refractivity contribution in [3.05, 3.63) is 23.8 Å². The number of hydrogen-bond acceptors (Lipinski definition) is 4. The van der Waals surface area contributed by atoms with Gasteiger partial charge in [-0.25, -0.2) is 9.97 Å². The number of carbonyl (C=O) groups excluding carboxylic acids is 1. The summed E-state index contributed by atoms with van der Waals surface area (Å²) in [5, 5.41) is 11.1. The van der Waals surface area contributed by atoms with E-state index in [1.54, 1.807) is 19.3 Å². The molecule has 6 heteroatoms. The van der Waals surface area contributed by atoms with E-state index in [0.717, 1.165) is 5.39 Å². The Morgan fingerprint density at radius 3 is 3.00 bits per heavy atom. The van der Waals surface area contributed by atoms with Crippen molar-refractivity contribution in [1.82, 2.24) is 15.0 Å². The van der Waals surface area contributed by atoms with Gasteiger partial charge in [-0.15, -0.1) is 0 Å². The third kappa shape index (κ3) is 2.38. The summed E-state index contributed by atoms with van der Waals surface area (Å²) in [6, 6.07) is 0. The molecule has 0 atom stereocenters. The topological polar surface area (TPSA) is 81.7 Å². The average Bonchev–Trinajstić information content (AvgIpc) is 2.47. The Kier molecular flexibility index (Phi) is 3.51. The van der Waals surface area contributed by atoms with Crippen molar-refractivity contribution in [3.63, 3.8) is 0 Å². The Bertz CT molecular complexity index is 495. The van der Waals surface area contributed by atoms with Crippen LogP contribution in [0.4, 0.5) is 0 Å². The van der Waals surface area contributed by atoms with Crippen LogP contribution in [0, 0.1) is 6.92 Å². The van der Waals surface area contributed by atoms with E-state index in [4.69, 9.17) is 0 Å². The Hall–Kier alpha value is -1.31. The van der Waals surface area contributed by atoms with Gasteiger partial charge in [0.2, 0.25) is 0 Å². The Morgan fingerprint density at radius 2 is 2.33 bits per heavy atom. The van der Waals surface area contributed by atoms with Crippen LogP contribution in [0.25, 0.3) is 11.0 Å².